The quantitative estimate of drug-likeness (QED) is 0.863. The second-order valence-electron chi connectivity index (χ2n) is 6.29. The molecule has 1 N–H and O–H groups in total. The van der Waals surface area contributed by atoms with E-state index < -0.39 is 21.8 Å². The third kappa shape index (κ3) is 3.91. The predicted octanol–water partition coefficient (Wildman–Crippen LogP) is 1.86. The fourth-order valence-electron chi connectivity index (χ4n) is 2.93. The zero-order chi connectivity index (χ0) is 18.7. The Labute approximate surface area is 152 Å². The van der Waals surface area contributed by atoms with Crippen molar-refractivity contribution in [2.75, 3.05) is 13.1 Å². The standard InChI is InChI=1S/C18H20FN3O3S/c1-13-3-2-9-20-17(13)11-21-18(23)14-8-10-22(12-14)26(24,25)16-6-4-15(19)5-7-16/h2-7,9,14H,8,10-12H2,1H3,(H,21,23)/t14-/m1/s1. The monoisotopic (exact) mass is 377 g/mol. The second-order valence-corrected chi connectivity index (χ2v) is 8.23. The van der Waals surface area contributed by atoms with Crippen molar-refractivity contribution in [3.05, 3.63) is 59.7 Å². The summed E-state index contributed by atoms with van der Waals surface area (Å²) in [5, 5.41) is 2.83. The van der Waals surface area contributed by atoms with Crippen LogP contribution in [0.25, 0.3) is 0 Å². The van der Waals surface area contributed by atoms with Gasteiger partial charge in [0.25, 0.3) is 0 Å². The number of benzene rings is 1. The van der Waals surface area contributed by atoms with Gasteiger partial charge >= 0.3 is 0 Å². The molecule has 0 saturated carbocycles. The number of hydrogen-bond donors (Lipinski definition) is 1. The summed E-state index contributed by atoms with van der Waals surface area (Å²) in [4.78, 5) is 16.6. The molecule has 138 valence electrons. The number of nitrogens with zero attached hydrogens (tertiary/aromatic N) is 2. The van der Waals surface area contributed by atoms with E-state index in [1.165, 1.54) is 16.4 Å². The highest BCUT2D eigenvalue weighted by atomic mass is 32.2. The molecule has 1 fully saturated rings. The van der Waals surface area contributed by atoms with Crippen molar-refractivity contribution in [1.82, 2.24) is 14.6 Å². The van der Waals surface area contributed by atoms with Gasteiger partial charge in [0.1, 0.15) is 5.82 Å². The number of carbonyl (C=O) groups excluding carboxylic acids is 1. The van der Waals surface area contributed by atoms with Crippen molar-refractivity contribution >= 4 is 15.9 Å². The Morgan fingerprint density at radius 3 is 2.73 bits per heavy atom. The molecule has 1 aromatic carbocycles. The lowest BCUT2D eigenvalue weighted by atomic mass is 10.1. The molecule has 0 spiro atoms. The SMILES string of the molecule is Cc1cccnc1CNC(=O)[C@@H]1CCN(S(=O)(=O)c2ccc(F)cc2)C1. The van der Waals surface area contributed by atoms with E-state index in [-0.39, 0.29) is 23.9 Å². The summed E-state index contributed by atoms with van der Waals surface area (Å²) >= 11 is 0. The van der Waals surface area contributed by atoms with Crippen LogP contribution in [-0.4, -0.2) is 36.7 Å². The van der Waals surface area contributed by atoms with Crippen LogP contribution in [0, 0.1) is 18.7 Å². The second kappa shape index (κ2) is 7.51. The third-order valence-corrected chi connectivity index (χ3v) is 6.40. The highest BCUT2D eigenvalue weighted by Gasteiger charge is 2.35. The molecule has 1 aliphatic heterocycles. The molecule has 6 nitrogen and oxygen atoms in total. The largest absolute Gasteiger partial charge is 0.350 e. The molecule has 0 unspecified atom stereocenters. The molecular weight excluding hydrogens is 357 g/mol. The Kier molecular flexibility index (Phi) is 5.33. The van der Waals surface area contributed by atoms with Crippen LogP contribution in [0.2, 0.25) is 0 Å². The molecule has 1 aromatic heterocycles. The molecule has 26 heavy (non-hydrogen) atoms. The van der Waals surface area contributed by atoms with Crippen molar-refractivity contribution in [2.24, 2.45) is 5.92 Å². The Hall–Kier alpha value is -2.32. The Morgan fingerprint density at radius 1 is 1.31 bits per heavy atom. The number of pyridine rings is 1. The first kappa shape index (κ1) is 18.5. The minimum atomic E-state index is -3.72. The number of hydrogen-bond acceptors (Lipinski definition) is 4. The van der Waals surface area contributed by atoms with Gasteiger partial charge < -0.3 is 5.32 Å². The summed E-state index contributed by atoms with van der Waals surface area (Å²) < 4.78 is 39.5. The van der Waals surface area contributed by atoms with E-state index in [4.69, 9.17) is 0 Å². The van der Waals surface area contributed by atoms with Crippen LogP contribution in [0.5, 0.6) is 0 Å². The lowest BCUT2D eigenvalue weighted by Gasteiger charge is -2.16. The van der Waals surface area contributed by atoms with Gasteiger partial charge in [-0.1, -0.05) is 6.07 Å². The molecule has 1 amide bonds. The summed E-state index contributed by atoms with van der Waals surface area (Å²) in [7, 11) is -3.72. The van der Waals surface area contributed by atoms with Gasteiger partial charge in [0.15, 0.2) is 0 Å². The minimum Gasteiger partial charge on any atom is -0.350 e. The van der Waals surface area contributed by atoms with Crippen molar-refractivity contribution in [3.63, 3.8) is 0 Å². The van der Waals surface area contributed by atoms with Crippen molar-refractivity contribution in [1.29, 1.82) is 0 Å². The normalized spacial score (nSPS) is 18.0. The average molecular weight is 377 g/mol. The number of aromatic nitrogens is 1. The van der Waals surface area contributed by atoms with Crippen molar-refractivity contribution in [3.8, 4) is 0 Å². The molecule has 2 heterocycles. The van der Waals surface area contributed by atoms with Crippen molar-refractivity contribution < 1.29 is 17.6 Å². The number of carbonyl (C=O) groups is 1. The molecule has 1 atom stereocenters. The van der Waals surface area contributed by atoms with E-state index in [0.717, 1.165) is 23.4 Å². The lowest BCUT2D eigenvalue weighted by Crippen LogP contribution is -2.34. The van der Waals surface area contributed by atoms with Crippen LogP contribution in [0.1, 0.15) is 17.7 Å². The first-order chi connectivity index (χ1) is 12.4. The van der Waals surface area contributed by atoms with Gasteiger partial charge in [-0.2, -0.15) is 4.31 Å². The van der Waals surface area contributed by atoms with Crippen molar-refractivity contribution in [2.45, 2.75) is 24.8 Å². The number of rotatable bonds is 5. The molecule has 2 aromatic rings. The maximum atomic E-state index is 13.0. The number of amides is 1. The summed E-state index contributed by atoms with van der Waals surface area (Å²) in [6.07, 6.45) is 2.12. The van der Waals surface area contributed by atoms with Crippen LogP contribution in [0.15, 0.2) is 47.5 Å². The zero-order valence-electron chi connectivity index (χ0n) is 14.4. The van der Waals surface area contributed by atoms with E-state index in [1.54, 1.807) is 6.20 Å². The molecule has 1 saturated heterocycles. The topological polar surface area (TPSA) is 79.4 Å². The highest BCUT2D eigenvalue weighted by Crippen LogP contribution is 2.24. The van der Waals surface area contributed by atoms with Gasteiger partial charge in [0.2, 0.25) is 15.9 Å². The molecule has 0 radical (unpaired) electrons. The maximum Gasteiger partial charge on any atom is 0.243 e. The van der Waals surface area contributed by atoms with Gasteiger partial charge in [-0.05, 0) is 49.2 Å². The third-order valence-electron chi connectivity index (χ3n) is 4.52. The molecule has 0 aliphatic carbocycles. The fourth-order valence-corrected chi connectivity index (χ4v) is 4.43. The van der Waals surface area contributed by atoms with Crippen LogP contribution in [-0.2, 0) is 21.4 Å². The molecule has 1 aliphatic rings. The van der Waals surface area contributed by atoms with E-state index in [2.05, 4.69) is 10.3 Å². The summed E-state index contributed by atoms with van der Waals surface area (Å²) in [6, 6.07) is 8.45. The maximum absolute atomic E-state index is 13.0. The average Bonchev–Trinajstić information content (AvgIpc) is 3.12. The van der Waals surface area contributed by atoms with Crippen LogP contribution in [0.4, 0.5) is 4.39 Å². The molecule has 0 bridgehead atoms. The number of sulfonamides is 1. The van der Waals surface area contributed by atoms with Gasteiger partial charge in [-0.3, -0.25) is 9.78 Å². The first-order valence-electron chi connectivity index (χ1n) is 8.32. The number of aryl methyl sites for hydroxylation is 1. The van der Waals surface area contributed by atoms with Gasteiger partial charge in [-0.15, -0.1) is 0 Å². The Morgan fingerprint density at radius 2 is 2.04 bits per heavy atom. The van der Waals surface area contributed by atoms with E-state index >= 15 is 0 Å². The van der Waals surface area contributed by atoms with Gasteiger partial charge in [0.05, 0.1) is 23.1 Å². The summed E-state index contributed by atoms with van der Waals surface area (Å²) in [5.41, 5.74) is 1.77. The van der Waals surface area contributed by atoms with Crippen LogP contribution >= 0.6 is 0 Å². The molecule has 8 heteroatoms. The number of halogens is 1. The van der Waals surface area contributed by atoms with E-state index in [9.17, 15) is 17.6 Å². The Bertz CT molecular complexity index is 900. The first-order valence-corrected chi connectivity index (χ1v) is 9.76. The number of nitrogens with one attached hydrogen (secondary N) is 1. The smallest absolute Gasteiger partial charge is 0.243 e. The van der Waals surface area contributed by atoms with E-state index in [0.29, 0.717) is 13.0 Å². The van der Waals surface area contributed by atoms with Crippen LogP contribution < -0.4 is 5.32 Å². The summed E-state index contributed by atoms with van der Waals surface area (Å²) in [5.74, 6) is -1.09. The van der Waals surface area contributed by atoms with E-state index in [1.807, 2.05) is 19.1 Å². The molecular formula is C18H20FN3O3S. The van der Waals surface area contributed by atoms with Gasteiger partial charge in [0, 0.05) is 19.3 Å². The predicted molar refractivity (Wildman–Crippen MR) is 94.1 cm³/mol. The fraction of sp³-hybridized carbons (Fsp3) is 0.333. The zero-order valence-corrected chi connectivity index (χ0v) is 15.2. The lowest BCUT2D eigenvalue weighted by molar-refractivity contribution is -0.124. The Balaban J connectivity index is 1.62. The highest BCUT2D eigenvalue weighted by molar-refractivity contribution is 7.89. The minimum absolute atomic E-state index is 0.0315. The van der Waals surface area contributed by atoms with Gasteiger partial charge in [-0.25, -0.2) is 12.8 Å². The summed E-state index contributed by atoms with van der Waals surface area (Å²) in [6.45, 7) is 2.61. The van der Waals surface area contributed by atoms with Crippen LogP contribution in [0.3, 0.4) is 0 Å². The molecule has 3 rings (SSSR count).